The molecule has 0 atom stereocenters. The molecule has 29 heavy (non-hydrogen) atoms. The third-order valence-corrected chi connectivity index (χ3v) is 3.47. The van der Waals surface area contributed by atoms with Crippen molar-refractivity contribution in [2.45, 2.75) is 12.6 Å². The molecule has 0 saturated carbocycles. The summed E-state index contributed by atoms with van der Waals surface area (Å²) in [5.74, 6) is -2.02. The maximum absolute atomic E-state index is 12.5. The molecular weight excluding hydrogens is 391 g/mol. The number of esters is 1. The standard InChI is InChI=1S/C19H14F3N3O4/c20-19(21,22)13-3-7-15(8-4-13)25-17(27)11-29-18(28)12-1-5-14(6-2-12)24-16(26)9-10-23/h1-8H,9,11H2,(H,24,26)(H,25,27). The number of amides is 2. The molecule has 0 aliphatic heterocycles. The second kappa shape index (κ2) is 9.36. The van der Waals surface area contributed by atoms with Crippen molar-refractivity contribution in [3.05, 3.63) is 59.7 Å². The van der Waals surface area contributed by atoms with E-state index in [0.29, 0.717) is 5.69 Å². The molecule has 2 amide bonds. The van der Waals surface area contributed by atoms with Crippen LogP contribution in [-0.2, 0) is 20.5 Å². The lowest BCUT2D eigenvalue weighted by Crippen LogP contribution is -2.21. The highest BCUT2D eigenvalue weighted by atomic mass is 19.4. The van der Waals surface area contributed by atoms with E-state index in [4.69, 9.17) is 10.00 Å². The number of ether oxygens (including phenoxy) is 1. The predicted molar refractivity (Wildman–Crippen MR) is 95.7 cm³/mol. The van der Waals surface area contributed by atoms with Crippen molar-refractivity contribution < 1.29 is 32.3 Å². The second-order valence-corrected chi connectivity index (χ2v) is 5.66. The Bertz CT molecular complexity index is 933. The van der Waals surface area contributed by atoms with E-state index in [9.17, 15) is 27.6 Å². The average molecular weight is 405 g/mol. The smallest absolute Gasteiger partial charge is 0.416 e. The number of rotatable bonds is 6. The Morgan fingerprint density at radius 1 is 0.897 bits per heavy atom. The Hall–Kier alpha value is -3.87. The number of nitrogens with one attached hydrogen (secondary N) is 2. The van der Waals surface area contributed by atoms with Crippen molar-refractivity contribution in [2.24, 2.45) is 0 Å². The average Bonchev–Trinajstić information content (AvgIpc) is 2.66. The zero-order valence-electron chi connectivity index (χ0n) is 14.7. The topological polar surface area (TPSA) is 108 Å². The van der Waals surface area contributed by atoms with Crippen molar-refractivity contribution >= 4 is 29.2 Å². The maximum atomic E-state index is 12.5. The van der Waals surface area contributed by atoms with Crippen molar-refractivity contribution in [2.75, 3.05) is 17.2 Å². The van der Waals surface area contributed by atoms with Gasteiger partial charge in [-0.25, -0.2) is 4.79 Å². The zero-order chi connectivity index (χ0) is 21.4. The first-order chi connectivity index (χ1) is 13.7. The van der Waals surface area contributed by atoms with E-state index in [1.165, 1.54) is 24.3 Å². The Morgan fingerprint density at radius 2 is 1.41 bits per heavy atom. The van der Waals surface area contributed by atoms with Gasteiger partial charge in [-0.15, -0.1) is 0 Å². The van der Waals surface area contributed by atoms with Crippen molar-refractivity contribution in [3.8, 4) is 6.07 Å². The summed E-state index contributed by atoms with van der Waals surface area (Å²) in [6.45, 7) is -0.638. The number of hydrogen-bond donors (Lipinski definition) is 2. The first-order valence-electron chi connectivity index (χ1n) is 8.10. The number of carbonyl (C=O) groups excluding carboxylic acids is 3. The molecule has 0 aliphatic rings. The van der Waals surface area contributed by atoms with Gasteiger partial charge in [-0.2, -0.15) is 18.4 Å². The minimum absolute atomic E-state index is 0.116. The van der Waals surface area contributed by atoms with Gasteiger partial charge >= 0.3 is 12.1 Å². The first-order valence-corrected chi connectivity index (χ1v) is 8.10. The van der Waals surface area contributed by atoms with E-state index in [1.54, 1.807) is 6.07 Å². The minimum atomic E-state index is -4.48. The molecule has 7 nitrogen and oxygen atoms in total. The summed E-state index contributed by atoms with van der Waals surface area (Å²) in [7, 11) is 0. The van der Waals surface area contributed by atoms with Crippen LogP contribution in [-0.4, -0.2) is 24.4 Å². The van der Waals surface area contributed by atoms with Crippen LogP contribution in [0.4, 0.5) is 24.5 Å². The fourth-order valence-electron chi connectivity index (χ4n) is 2.12. The number of alkyl halides is 3. The van der Waals surface area contributed by atoms with Crippen LogP contribution in [0.3, 0.4) is 0 Å². The number of halogens is 3. The quantitative estimate of drug-likeness (QED) is 0.717. The lowest BCUT2D eigenvalue weighted by molar-refractivity contribution is -0.137. The number of nitrogens with zero attached hydrogens (tertiary/aromatic N) is 1. The van der Waals surface area contributed by atoms with Crippen LogP contribution in [0.15, 0.2) is 48.5 Å². The van der Waals surface area contributed by atoms with Gasteiger partial charge in [0.15, 0.2) is 6.61 Å². The number of nitriles is 1. The van der Waals surface area contributed by atoms with Gasteiger partial charge in [0.1, 0.15) is 6.42 Å². The molecule has 0 aliphatic carbocycles. The normalized spacial score (nSPS) is 10.6. The largest absolute Gasteiger partial charge is 0.452 e. The van der Waals surface area contributed by atoms with Gasteiger partial charge in [-0.05, 0) is 48.5 Å². The fraction of sp³-hybridized carbons (Fsp3) is 0.158. The molecule has 2 aromatic rings. The summed E-state index contributed by atoms with van der Waals surface area (Å²) < 4.78 is 42.3. The van der Waals surface area contributed by atoms with E-state index >= 15 is 0 Å². The molecule has 0 radical (unpaired) electrons. The van der Waals surface area contributed by atoms with Gasteiger partial charge in [0.05, 0.1) is 17.2 Å². The monoisotopic (exact) mass is 405 g/mol. The maximum Gasteiger partial charge on any atom is 0.416 e. The van der Waals surface area contributed by atoms with E-state index in [-0.39, 0.29) is 17.7 Å². The predicted octanol–water partition coefficient (Wildman–Crippen LogP) is 3.35. The number of hydrogen-bond acceptors (Lipinski definition) is 5. The van der Waals surface area contributed by atoms with Gasteiger partial charge in [0.2, 0.25) is 5.91 Å². The molecule has 0 bridgehead atoms. The molecule has 10 heteroatoms. The summed E-state index contributed by atoms with van der Waals surface area (Å²) in [6, 6.07) is 11.1. The van der Waals surface area contributed by atoms with Crippen LogP contribution in [0.2, 0.25) is 0 Å². The lowest BCUT2D eigenvalue weighted by Gasteiger charge is -2.09. The molecule has 0 heterocycles. The van der Waals surface area contributed by atoms with Crippen LogP contribution in [0, 0.1) is 11.3 Å². The molecule has 2 aromatic carbocycles. The molecule has 150 valence electrons. The molecule has 2 rings (SSSR count). The van der Waals surface area contributed by atoms with Crippen molar-refractivity contribution in [1.29, 1.82) is 5.26 Å². The van der Waals surface area contributed by atoms with Crippen LogP contribution in [0.5, 0.6) is 0 Å². The zero-order valence-corrected chi connectivity index (χ0v) is 14.7. The molecule has 0 fully saturated rings. The molecule has 0 saturated heterocycles. The van der Waals surface area contributed by atoms with E-state index in [0.717, 1.165) is 24.3 Å². The first kappa shape index (κ1) is 21.4. The summed E-state index contributed by atoms with van der Waals surface area (Å²) >= 11 is 0. The molecular formula is C19H14F3N3O4. The van der Waals surface area contributed by atoms with Gasteiger partial charge in [0, 0.05) is 11.4 Å². The Labute approximate surface area is 163 Å². The van der Waals surface area contributed by atoms with Crippen LogP contribution in [0.25, 0.3) is 0 Å². The molecule has 2 N–H and O–H groups in total. The summed E-state index contributed by atoms with van der Waals surface area (Å²) in [6.07, 6.45) is -4.79. The highest BCUT2D eigenvalue weighted by molar-refractivity contribution is 5.96. The van der Waals surface area contributed by atoms with E-state index in [2.05, 4.69) is 10.6 Å². The van der Waals surface area contributed by atoms with Crippen LogP contribution >= 0.6 is 0 Å². The Morgan fingerprint density at radius 3 is 1.93 bits per heavy atom. The van der Waals surface area contributed by atoms with Gasteiger partial charge in [-0.1, -0.05) is 0 Å². The van der Waals surface area contributed by atoms with Crippen molar-refractivity contribution in [3.63, 3.8) is 0 Å². The van der Waals surface area contributed by atoms with Gasteiger partial charge < -0.3 is 15.4 Å². The number of benzene rings is 2. The summed E-state index contributed by atoms with van der Waals surface area (Å²) in [5.41, 5.74) is -0.238. The van der Waals surface area contributed by atoms with Crippen molar-refractivity contribution in [1.82, 2.24) is 0 Å². The number of anilines is 2. The molecule has 0 unspecified atom stereocenters. The number of carbonyl (C=O) groups is 3. The Kier molecular flexibility index (Phi) is 6.92. The van der Waals surface area contributed by atoms with Crippen LogP contribution < -0.4 is 10.6 Å². The third-order valence-electron chi connectivity index (χ3n) is 3.47. The van der Waals surface area contributed by atoms with Gasteiger partial charge in [0.25, 0.3) is 5.91 Å². The molecule has 0 aromatic heterocycles. The summed E-state index contributed by atoms with van der Waals surface area (Å²) in [4.78, 5) is 35.0. The van der Waals surface area contributed by atoms with Gasteiger partial charge in [-0.3, -0.25) is 9.59 Å². The van der Waals surface area contributed by atoms with E-state index in [1.807, 2.05) is 0 Å². The summed E-state index contributed by atoms with van der Waals surface area (Å²) in [5, 5.41) is 13.2. The molecule has 0 spiro atoms. The Balaban J connectivity index is 1.84. The SMILES string of the molecule is N#CCC(=O)Nc1ccc(C(=O)OCC(=O)Nc2ccc(C(F)(F)F)cc2)cc1. The highest BCUT2D eigenvalue weighted by Gasteiger charge is 2.30. The fourth-order valence-corrected chi connectivity index (χ4v) is 2.12. The highest BCUT2D eigenvalue weighted by Crippen LogP contribution is 2.29. The second-order valence-electron chi connectivity index (χ2n) is 5.66. The lowest BCUT2D eigenvalue weighted by atomic mass is 10.2. The van der Waals surface area contributed by atoms with E-state index < -0.39 is 36.1 Å². The third kappa shape index (κ3) is 6.66. The minimum Gasteiger partial charge on any atom is -0.452 e. The van der Waals surface area contributed by atoms with Crippen LogP contribution in [0.1, 0.15) is 22.3 Å².